The second-order valence-electron chi connectivity index (χ2n) is 6.15. The van der Waals surface area contributed by atoms with Crippen molar-refractivity contribution in [2.24, 2.45) is 5.92 Å². The Bertz CT molecular complexity index is 503. The SMILES string of the molecule is Cl.O=C(C1CCNCC1)N1CCCC1Cc1ccccc1Cl. The van der Waals surface area contributed by atoms with Gasteiger partial charge in [-0.3, -0.25) is 4.79 Å². The molecule has 0 bridgehead atoms. The molecular weight excluding hydrogens is 319 g/mol. The fourth-order valence-electron chi connectivity index (χ4n) is 3.56. The third kappa shape index (κ3) is 3.95. The van der Waals surface area contributed by atoms with E-state index in [4.69, 9.17) is 11.6 Å². The van der Waals surface area contributed by atoms with Crippen LogP contribution in [0.3, 0.4) is 0 Å². The Labute approximate surface area is 143 Å². The van der Waals surface area contributed by atoms with Gasteiger partial charge in [-0.05, 0) is 56.8 Å². The highest BCUT2D eigenvalue weighted by Crippen LogP contribution is 2.27. The number of halogens is 2. The van der Waals surface area contributed by atoms with Gasteiger partial charge in [-0.15, -0.1) is 12.4 Å². The first-order valence-corrected chi connectivity index (χ1v) is 8.38. The maximum atomic E-state index is 12.8. The van der Waals surface area contributed by atoms with Crippen LogP contribution in [0.2, 0.25) is 5.02 Å². The molecular formula is C17H24Cl2N2O. The molecule has 3 rings (SSSR count). The maximum Gasteiger partial charge on any atom is 0.226 e. The summed E-state index contributed by atoms with van der Waals surface area (Å²) in [7, 11) is 0. The number of hydrogen-bond donors (Lipinski definition) is 1. The third-order valence-corrected chi connectivity index (χ3v) is 5.13. The molecule has 0 radical (unpaired) electrons. The molecule has 0 saturated carbocycles. The molecule has 2 saturated heterocycles. The number of amides is 1. The fraction of sp³-hybridized carbons (Fsp3) is 0.588. The van der Waals surface area contributed by atoms with Crippen molar-refractivity contribution in [3.8, 4) is 0 Å². The van der Waals surface area contributed by atoms with Crippen LogP contribution < -0.4 is 5.32 Å². The molecule has 2 aliphatic rings. The van der Waals surface area contributed by atoms with Gasteiger partial charge in [0.2, 0.25) is 5.91 Å². The van der Waals surface area contributed by atoms with Gasteiger partial charge in [-0.1, -0.05) is 29.8 Å². The van der Waals surface area contributed by atoms with Crippen LogP contribution in [0.4, 0.5) is 0 Å². The van der Waals surface area contributed by atoms with Gasteiger partial charge in [-0.25, -0.2) is 0 Å². The zero-order valence-corrected chi connectivity index (χ0v) is 14.3. The van der Waals surface area contributed by atoms with Gasteiger partial charge in [0.15, 0.2) is 0 Å². The summed E-state index contributed by atoms with van der Waals surface area (Å²) in [5.74, 6) is 0.587. The van der Waals surface area contributed by atoms with Gasteiger partial charge in [0.1, 0.15) is 0 Å². The van der Waals surface area contributed by atoms with Crippen LogP contribution in [-0.4, -0.2) is 36.5 Å². The highest BCUT2D eigenvalue weighted by Gasteiger charge is 2.33. The molecule has 1 N–H and O–H groups in total. The Morgan fingerprint density at radius 2 is 1.95 bits per heavy atom. The minimum absolute atomic E-state index is 0. The van der Waals surface area contributed by atoms with Crippen molar-refractivity contribution in [2.45, 2.75) is 38.1 Å². The molecule has 3 nitrogen and oxygen atoms in total. The highest BCUT2D eigenvalue weighted by molar-refractivity contribution is 6.31. The smallest absolute Gasteiger partial charge is 0.226 e. The summed E-state index contributed by atoms with van der Waals surface area (Å²) in [4.78, 5) is 14.9. The third-order valence-electron chi connectivity index (χ3n) is 4.76. The van der Waals surface area contributed by atoms with Crippen molar-refractivity contribution in [1.29, 1.82) is 0 Å². The summed E-state index contributed by atoms with van der Waals surface area (Å²) < 4.78 is 0. The second-order valence-corrected chi connectivity index (χ2v) is 6.55. The van der Waals surface area contributed by atoms with Crippen molar-refractivity contribution in [3.63, 3.8) is 0 Å². The fourth-order valence-corrected chi connectivity index (χ4v) is 3.77. The highest BCUT2D eigenvalue weighted by atomic mass is 35.5. The summed E-state index contributed by atoms with van der Waals surface area (Å²) in [6, 6.07) is 8.32. The molecule has 2 fully saturated rings. The molecule has 122 valence electrons. The molecule has 22 heavy (non-hydrogen) atoms. The van der Waals surface area contributed by atoms with E-state index in [-0.39, 0.29) is 18.3 Å². The van der Waals surface area contributed by atoms with E-state index in [0.29, 0.717) is 11.9 Å². The first-order chi connectivity index (χ1) is 10.3. The lowest BCUT2D eigenvalue weighted by molar-refractivity contribution is -0.137. The van der Waals surface area contributed by atoms with Crippen LogP contribution in [0.5, 0.6) is 0 Å². The number of carbonyl (C=O) groups is 1. The van der Waals surface area contributed by atoms with Gasteiger partial charge >= 0.3 is 0 Å². The van der Waals surface area contributed by atoms with E-state index in [1.54, 1.807) is 0 Å². The predicted molar refractivity (Wildman–Crippen MR) is 92.7 cm³/mol. The molecule has 2 heterocycles. The number of nitrogens with one attached hydrogen (secondary N) is 1. The second kappa shape index (κ2) is 8.19. The van der Waals surface area contributed by atoms with E-state index in [0.717, 1.165) is 62.3 Å². The molecule has 1 atom stereocenters. The normalized spacial score (nSPS) is 22.4. The number of benzene rings is 1. The monoisotopic (exact) mass is 342 g/mol. The molecule has 0 aromatic heterocycles. The van der Waals surface area contributed by atoms with Crippen molar-refractivity contribution >= 4 is 29.9 Å². The summed E-state index contributed by atoms with van der Waals surface area (Å²) in [5, 5.41) is 4.15. The number of rotatable bonds is 3. The first-order valence-electron chi connectivity index (χ1n) is 8.00. The number of piperidine rings is 1. The average Bonchev–Trinajstić information content (AvgIpc) is 2.98. The Kier molecular flexibility index (Phi) is 6.54. The van der Waals surface area contributed by atoms with Gasteiger partial charge in [0.25, 0.3) is 0 Å². The standard InChI is InChI=1S/C17H23ClN2O.ClH/c18-16-6-2-1-4-14(16)12-15-5-3-11-20(15)17(21)13-7-9-19-10-8-13;/h1-2,4,6,13,15,19H,3,5,7-12H2;1H. The van der Waals surface area contributed by atoms with Crippen LogP contribution in [0.1, 0.15) is 31.2 Å². The first kappa shape index (κ1) is 17.6. The summed E-state index contributed by atoms with van der Waals surface area (Å²) in [6.45, 7) is 2.86. The summed E-state index contributed by atoms with van der Waals surface area (Å²) in [5.41, 5.74) is 1.16. The number of hydrogen-bond acceptors (Lipinski definition) is 2. The van der Waals surface area contributed by atoms with Crippen LogP contribution in [0.15, 0.2) is 24.3 Å². The van der Waals surface area contributed by atoms with Crippen molar-refractivity contribution in [1.82, 2.24) is 10.2 Å². The van der Waals surface area contributed by atoms with Crippen LogP contribution in [-0.2, 0) is 11.2 Å². The Balaban J connectivity index is 0.00000176. The van der Waals surface area contributed by atoms with E-state index in [9.17, 15) is 4.79 Å². The molecule has 0 aliphatic carbocycles. The molecule has 1 aromatic rings. The van der Waals surface area contributed by atoms with E-state index in [1.165, 1.54) is 0 Å². The topological polar surface area (TPSA) is 32.3 Å². The lowest BCUT2D eigenvalue weighted by Gasteiger charge is -2.31. The molecule has 0 spiro atoms. The van der Waals surface area contributed by atoms with Crippen LogP contribution >= 0.6 is 24.0 Å². The molecule has 1 amide bonds. The lowest BCUT2D eigenvalue weighted by Crippen LogP contribution is -2.43. The zero-order chi connectivity index (χ0) is 14.7. The maximum absolute atomic E-state index is 12.8. The predicted octanol–water partition coefficient (Wildman–Crippen LogP) is 3.29. The molecule has 1 aromatic carbocycles. The van der Waals surface area contributed by atoms with Crippen LogP contribution in [0, 0.1) is 5.92 Å². The van der Waals surface area contributed by atoms with E-state index in [2.05, 4.69) is 16.3 Å². The van der Waals surface area contributed by atoms with Gasteiger partial charge in [0.05, 0.1) is 0 Å². The molecule has 5 heteroatoms. The van der Waals surface area contributed by atoms with E-state index in [1.807, 2.05) is 18.2 Å². The Morgan fingerprint density at radius 1 is 1.23 bits per heavy atom. The van der Waals surface area contributed by atoms with Gasteiger partial charge in [0, 0.05) is 23.5 Å². The lowest BCUT2D eigenvalue weighted by atomic mass is 9.95. The quantitative estimate of drug-likeness (QED) is 0.913. The van der Waals surface area contributed by atoms with Crippen molar-refractivity contribution in [3.05, 3.63) is 34.9 Å². The number of nitrogens with zero attached hydrogens (tertiary/aromatic N) is 1. The number of carbonyl (C=O) groups excluding carboxylic acids is 1. The average molecular weight is 343 g/mol. The summed E-state index contributed by atoms with van der Waals surface area (Å²) in [6.07, 6.45) is 5.06. The van der Waals surface area contributed by atoms with E-state index >= 15 is 0 Å². The Morgan fingerprint density at radius 3 is 2.68 bits per heavy atom. The summed E-state index contributed by atoms with van der Waals surface area (Å²) >= 11 is 6.27. The minimum Gasteiger partial charge on any atom is -0.339 e. The minimum atomic E-state index is 0. The van der Waals surface area contributed by atoms with Crippen molar-refractivity contribution < 1.29 is 4.79 Å². The molecule has 2 aliphatic heterocycles. The molecule has 1 unspecified atom stereocenters. The largest absolute Gasteiger partial charge is 0.339 e. The number of likely N-dealkylation sites (tertiary alicyclic amines) is 1. The van der Waals surface area contributed by atoms with Crippen LogP contribution in [0.25, 0.3) is 0 Å². The Hall–Kier alpha value is -0.770. The van der Waals surface area contributed by atoms with Gasteiger partial charge in [-0.2, -0.15) is 0 Å². The van der Waals surface area contributed by atoms with Crippen molar-refractivity contribution in [2.75, 3.05) is 19.6 Å². The van der Waals surface area contributed by atoms with Gasteiger partial charge < -0.3 is 10.2 Å². The zero-order valence-electron chi connectivity index (χ0n) is 12.8. The van der Waals surface area contributed by atoms with E-state index < -0.39 is 0 Å².